The van der Waals surface area contributed by atoms with Crippen LogP contribution in [0.5, 0.6) is 0 Å². The largest absolute Gasteiger partial charge is 0.341 e. The van der Waals surface area contributed by atoms with Crippen LogP contribution in [0.3, 0.4) is 0 Å². The molecule has 0 aromatic heterocycles. The zero-order valence-corrected chi connectivity index (χ0v) is 11.9. The molecule has 0 aliphatic heterocycles. The molecule has 0 unspecified atom stereocenters. The van der Waals surface area contributed by atoms with Crippen LogP contribution < -0.4 is 10.6 Å². The zero-order chi connectivity index (χ0) is 14.4. The van der Waals surface area contributed by atoms with Gasteiger partial charge >= 0.3 is 6.03 Å². The maximum absolute atomic E-state index is 13.6. The molecular weight excluding hydrogens is 267 g/mol. The lowest BCUT2D eigenvalue weighted by atomic mass is 10.1. The number of halogens is 1. The smallest absolute Gasteiger partial charge is 0.321 e. The van der Waals surface area contributed by atoms with Crippen molar-refractivity contribution < 1.29 is 14.0 Å². The Morgan fingerprint density at radius 1 is 1.26 bits per heavy atom. The van der Waals surface area contributed by atoms with Crippen molar-refractivity contribution in [3.63, 3.8) is 0 Å². The molecule has 1 aromatic carbocycles. The Bertz CT molecular complexity index is 468. The highest BCUT2D eigenvalue weighted by molar-refractivity contribution is 8.00. The van der Waals surface area contributed by atoms with Gasteiger partial charge in [-0.15, -0.1) is 11.8 Å². The minimum absolute atomic E-state index is 0.174. The summed E-state index contributed by atoms with van der Waals surface area (Å²) in [6, 6.07) is 5.91. The second-order valence-corrected chi connectivity index (χ2v) is 5.70. The molecule has 0 fully saturated rings. The summed E-state index contributed by atoms with van der Waals surface area (Å²) in [6.07, 6.45) is 0. The molecule has 0 saturated heterocycles. The van der Waals surface area contributed by atoms with Crippen molar-refractivity contribution in [2.45, 2.75) is 24.3 Å². The molecule has 3 amide bonds. The number of carbonyl (C=O) groups excluding carboxylic acids is 2. The van der Waals surface area contributed by atoms with Crippen molar-refractivity contribution in [2.24, 2.45) is 0 Å². The standard InChI is InChI=1S/C13H17FN2O2S/c1-8(10-6-4-5-7-11(10)14)19-9(2)12(17)16-13(18)15-3/h4-9H,1-3H3,(H2,15,16,17,18)/t8-,9-/m1/s1. The number of hydrogen-bond acceptors (Lipinski definition) is 3. The third kappa shape index (κ3) is 4.55. The van der Waals surface area contributed by atoms with Gasteiger partial charge in [-0.3, -0.25) is 10.1 Å². The first-order chi connectivity index (χ1) is 8.95. The monoisotopic (exact) mass is 284 g/mol. The molecule has 4 nitrogen and oxygen atoms in total. The van der Waals surface area contributed by atoms with Crippen LogP contribution in [0.25, 0.3) is 0 Å². The number of urea groups is 1. The molecule has 6 heteroatoms. The first-order valence-electron chi connectivity index (χ1n) is 5.88. The maximum atomic E-state index is 13.6. The fourth-order valence-corrected chi connectivity index (χ4v) is 2.65. The van der Waals surface area contributed by atoms with Crippen LogP contribution in [0.1, 0.15) is 24.7 Å². The van der Waals surface area contributed by atoms with Gasteiger partial charge in [-0.1, -0.05) is 18.2 Å². The average molecular weight is 284 g/mol. The van der Waals surface area contributed by atoms with Crippen molar-refractivity contribution >= 4 is 23.7 Å². The van der Waals surface area contributed by atoms with Crippen molar-refractivity contribution in [2.75, 3.05) is 7.05 Å². The number of rotatable bonds is 4. The van der Waals surface area contributed by atoms with E-state index >= 15 is 0 Å². The summed E-state index contributed by atoms with van der Waals surface area (Å²) >= 11 is 1.30. The summed E-state index contributed by atoms with van der Waals surface area (Å²) in [5.74, 6) is -0.686. The van der Waals surface area contributed by atoms with E-state index in [0.717, 1.165) is 0 Å². The van der Waals surface area contributed by atoms with E-state index in [9.17, 15) is 14.0 Å². The molecule has 1 rings (SSSR count). The van der Waals surface area contributed by atoms with Gasteiger partial charge in [0.2, 0.25) is 5.91 Å². The Morgan fingerprint density at radius 2 is 1.89 bits per heavy atom. The predicted octanol–water partition coefficient (Wildman–Crippen LogP) is 2.46. The average Bonchev–Trinajstić information content (AvgIpc) is 2.38. The van der Waals surface area contributed by atoms with Gasteiger partial charge in [0.05, 0.1) is 5.25 Å². The van der Waals surface area contributed by atoms with Crippen LogP contribution in [-0.2, 0) is 4.79 Å². The van der Waals surface area contributed by atoms with Gasteiger partial charge in [-0.25, -0.2) is 9.18 Å². The molecule has 0 aliphatic carbocycles. The Labute approximate surface area is 116 Å². The van der Waals surface area contributed by atoms with E-state index in [1.54, 1.807) is 25.1 Å². The molecule has 0 aliphatic rings. The molecule has 0 saturated carbocycles. The molecule has 1 aromatic rings. The van der Waals surface area contributed by atoms with E-state index in [4.69, 9.17) is 0 Å². The second kappa shape index (κ2) is 7.13. The topological polar surface area (TPSA) is 58.2 Å². The Kier molecular flexibility index (Phi) is 5.82. The van der Waals surface area contributed by atoms with Gasteiger partial charge in [0.1, 0.15) is 5.82 Å². The molecule has 0 heterocycles. The summed E-state index contributed by atoms with van der Waals surface area (Å²) in [7, 11) is 1.43. The van der Waals surface area contributed by atoms with Gasteiger partial charge in [0.25, 0.3) is 0 Å². The fraction of sp³-hybridized carbons (Fsp3) is 0.385. The first kappa shape index (κ1) is 15.5. The number of nitrogens with one attached hydrogen (secondary N) is 2. The van der Waals surface area contributed by atoms with Gasteiger partial charge in [0.15, 0.2) is 0 Å². The number of imide groups is 1. The van der Waals surface area contributed by atoms with E-state index < -0.39 is 17.2 Å². The molecule has 0 spiro atoms. The minimum Gasteiger partial charge on any atom is -0.341 e. The second-order valence-electron chi connectivity index (χ2n) is 4.01. The Hall–Kier alpha value is -1.56. The van der Waals surface area contributed by atoms with Gasteiger partial charge in [0, 0.05) is 17.9 Å². The number of thioether (sulfide) groups is 1. The molecule has 0 bridgehead atoms. The highest BCUT2D eigenvalue weighted by Crippen LogP contribution is 2.33. The number of carbonyl (C=O) groups is 2. The third-order valence-corrected chi connectivity index (χ3v) is 3.87. The zero-order valence-electron chi connectivity index (χ0n) is 11.1. The summed E-state index contributed by atoms with van der Waals surface area (Å²) in [4.78, 5) is 22.7. The summed E-state index contributed by atoms with van der Waals surface area (Å²) in [5.41, 5.74) is 0.548. The number of amides is 3. The van der Waals surface area contributed by atoms with E-state index in [1.165, 1.54) is 24.9 Å². The quantitative estimate of drug-likeness (QED) is 0.893. The Balaban J connectivity index is 2.62. The molecule has 0 radical (unpaired) electrons. The van der Waals surface area contributed by atoms with Crippen molar-refractivity contribution in [1.29, 1.82) is 0 Å². The summed E-state index contributed by atoms with van der Waals surface area (Å²) < 4.78 is 13.6. The molecular formula is C13H17FN2O2S. The van der Waals surface area contributed by atoms with Crippen LogP contribution in [0, 0.1) is 5.82 Å². The van der Waals surface area contributed by atoms with Crippen molar-refractivity contribution in [3.05, 3.63) is 35.6 Å². The highest BCUT2D eigenvalue weighted by atomic mass is 32.2. The van der Waals surface area contributed by atoms with Crippen LogP contribution in [0.4, 0.5) is 9.18 Å². The molecule has 2 N–H and O–H groups in total. The predicted molar refractivity (Wildman–Crippen MR) is 74.5 cm³/mol. The number of hydrogen-bond donors (Lipinski definition) is 2. The van der Waals surface area contributed by atoms with E-state index in [2.05, 4.69) is 10.6 Å². The SMILES string of the molecule is CNC(=O)NC(=O)[C@@H](C)S[C@H](C)c1ccccc1F. The van der Waals surface area contributed by atoms with Gasteiger partial charge in [-0.05, 0) is 19.9 Å². The molecule has 2 atom stereocenters. The lowest BCUT2D eigenvalue weighted by Crippen LogP contribution is -2.41. The highest BCUT2D eigenvalue weighted by Gasteiger charge is 2.20. The van der Waals surface area contributed by atoms with Gasteiger partial charge in [-0.2, -0.15) is 0 Å². The van der Waals surface area contributed by atoms with Crippen LogP contribution in [0.15, 0.2) is 24.3 Å². The minimum atomic E-state index is -0.545. The van der Waals surface area contributed by atoms with Crippen molar-refractivity contribution in [1.82, 2.24) is 10.6 Å². The van der Waals surface area contributed by atoms with Crippen LogP contribution in [0.2, 0.25) is 0 Å². The number of benzene rings is 1. The third-order valence-electron chi connectivity index (χ3n) is 2.58. The summed E-state index contributed by atoms with van der Waals surface area (Å²) in [6.45, 7) is 3.51. The normalized spacial score (nSPS) is 13.5. The van der Waals surface area contributed by atoms with Crippen LogP contribution in [-0.4, -0.2) is 24.2 Å². The van der Waals surface area contributed by atoms with E-state index in [1.807, 2.05) is 6.92 Å². The van der Waals surface area contributed by atoms with Crippen molar-refractivity contribution in [3.8, 4) is 0 Å². The van der Waals surface area contributed by atoms with E-state index in [-0.39, 0.29) is 11.1 Å². The first-order valence-corrected chi connectivity index (χ1v) is 6.82. The van der Waals surface area contributed by atoms with Gasteiger partial charge < -0.3 is 5.32 Å². The van der Waals surface area contributed by atoms with Crippen LogP contribution >= 0.6 is 11.8 Å². The lowest BCUT2D eigenvalue weighted by Gasteiger charge is -2.17. The Morgan fingerprint density at radius 3 is 2.47 bits per heavy atom. The fourth-order valence-electron chi connectivity index (χ4n) is 1.52. The van der Waals surface area contributed by atoms with E-state index in [0.29, 0.717) is 5.56 Å². The maximum Gasteiger partial charge on any atom is 0.321 e. The summed E-state index contributed by atoms with van der Waals surface area (Å²) in [5, 5.41) is 3.88. The lowest BCUT2D eigenvalue weighted by molar-refractivity contribution is -0.119. The molecule has 19 heavy (non-hydrogen) atoms. The molecule has 104 valence electrons.